The van der Waals surface area contributed by atoms with E-state index in [0.29, 0.717) is 19.3 Å². The van der Waals surface area contributed by atoms with Crippen molar-refractivity contribution < 1.29 is 28.6 Å². The Bertz CT molecular complexity index is 1370. The van der Waals surface area contributed by atoms with Gasteiger partial charge in [-0.05, 0) is 96.3 Å². The molecule has 354 valence electrons. The molecule has 0 radical (unpaired) electrons. The highest BCUT2D eigenvalue weighted by Gasteiger charge is 2.19. The summed E-state index contributed by atoms with van der Waals surface area (Å²) in [5.41, 5.74) is 0. The van der Waals surface area contributed by atoms with Gasteiger partial charge in [0.25, 0.3) is 0 Å². The minimum Gasteiger partial charge on any atom is -0.462 e. The van der Waals surface area contributed by atoms with Crippen LogP contribution in [0.3, 0.4) is 0 Å². The van der Waals surface area contributed by atoms with Crippen molar-refractivity contribution in [3.05, 3.63) is 122 Å². The average molecular weight is 871 g/mol. The first-order valence-corrected chi connectivity index (χ1v) is 25.0. The zero-order valence-corrected chi connectivity index (χ0v) is 40.3. The molecule has 0 amide bonds. The van der Waals surface area contributed by atoms with E-state index in [1.807, 2.05) is 24.3 Å². The van der Waals surface area contributed by atoms with Crippen molar-refractivity contribution in [2.45, 2.75) is 207 Å². The molecule has 0 aliphatic carbocycles. The Morgan fingerprint density at radius 3 is 0.968 bits per heavy atom. The molecule has 0 N–H and O–H groups in total. The van der Waals surface area contributed by atoms with Gasteiger partial charge in [-0.15, -0.1) is 0 Å². The quantitative estimate of drug-likeness (QED) is 0.0263. The molecule has 63 heavy (non-hydrogen) atoms. The maximum atomic E-state index is 12.7. The Morgan fingerprint density at radius 2 is 0.619 bits per heavy atom. The number of hydrogen-bond acceptors (Lipinski definition) is 6. The van der Waals surface area contributed by atoms with E-state index in [1.54, 1.807) is 0 Å². The second-order valence-corrected chi connectivity index (χ2v) is 16.0. The summed E-state index contributed by atoms with van der Waals surface area (Å²) in [6.07, 6.45) is 69.4. The molecule has 0 saturated heterocycles. The van der Waals surface area contributed by atoms with Crippen LogP contribution in [0.2, 0.25) is 0 Å². The van der Waals surface area contributed by atoms with Gasteiger partial charge < -0.3 is 14.2 Å². The molecule has 0 rings (SSSR count). The average Bonchev–Trinajstić information content (AvgIpc) is 3.28. The summed E-state index contributed by atoms with van der Waals surface area (Å²) in [7, 11) is 0. The largest absolute Gasteiger partial charge is 0.462 e. The standard InChI is InChI=1S/C57H90O6/c1-4-7-10-13-16-19-22-25-26-27-28-29-30-33-35-38-41-44-47-50-56(59)62-53-54(63-57(60)51-48-45-42-39-36-32-24-21-18-15-12-9-6-3)52-61-55(58)49-46-43-40-37-34-31-23-20-17-14-11-8-5-2/h7,10,16,19,25-26,28-29,31-36,40-45,54H,4-6,8-9,11-15,17-18,20-24,27,30,37-39,46-53H2,1-3H3/b10-7-,19-16-,26-25-,29-28-,34-31-,35-33-,36-32-,43-40-,44-41-,45-42-. The fourth-order valence-electron chi connectivity index (χ4n) is 6.22. The van der Waals surface area contributed by atoms with Gasteiger partial charge in [0.15, 0.2) is 6.10 Å². The van der Waals surface area contributed by atoms with E-state index < -0.39 is 12.1 Å². The first-order chi connectivity index (χ1) is 31.0. The van der Waals surface area contributed by atoms with Gasteiger partial charge in [0.2, 0.25) is 0 Å². The van der Waals surface area contributed by atoms with Gasteiger partial charge >= 0.3 is 17.9 Å². The number of esters is 3. The van der Waals surface area contributed by atoms with Gasteiger partial charge in [-0.3, -0.25) is 14.4 Å². The molecule has 0 bridgehead atoms. The molecule has 0 aliphatic rings. The van der Waals surface area contributed by atoms with Crippen LogP contribution in [-0.2, 0) is 28.6 Å². The van der Waals surface area contributed by atoms with E-state index in [2.05, 4.69) is 118 Å². The molecule has 0 aliphatic heterocycles. The second-order valence-electron chi connectivity index (χ2n) is 16.0. The van der Waals surface area contributed by atoms with Crippen LogP contribution >= 0.6 is 0 Å². The Kier molecular flexibility index (Phi) is 47.1. The summed E-state index contributed by atoms with van der Waals surface area (Å²) in [5.74, 6) is -1.18. The third-order valence-electron chi connectivity index (χ3n) is 9.96. The molecule has 0 saturated carbocycles. The zero-order valence-electron chi connectivity index (χ0n) is 40.3. The summed E-state index contributed by atoms with van der Waals surface area (Å²) < 4.78 is 16.6. The van der Waals surface area contributed by atoms with Crippen molar-refractivity contribution in [3.63, 3.8) is 0 Å². The Balaban J connectivity index is 4.64. The van der Waals surface area contributed by atoms with Crippen molar-refractivity contribution >= 4 is 17.9 Å². The SMILES string of the molecule is CC/C=C\C/C=C\C/C=C\C/C=C\C/C=C\C/C=C\CCC(=O)OCC(COC(=O)CC/C=C\C/C=C\CCCCCCCC)OC(=O)CC/C=C\C/C=C\CCCCCCCC. The minimum absolute atomic E-state index is 0.158. The van der Waals surface area contributed by atoms with E-state index in [1.165, 1.54) is 77.0 Å². The van der Waals surface area contributed by atoms with Crippen molar-refractivity contribution in [2.75, 3.05) is 13.2 Å². The fraction of sp³-hybridized carbons (Fsp3) is 0.596. The summed E-state index contributed by atoms with van der Waals surface area (Å²) in [6.45, 7) is 6.31. The molecule has 0 fully saturated rings. The van der Waals surface area contributed by atoms with Gasteiger partial charge in [-0.25, -0.2) is 0 Å². The Morgan fingerprint density at radius 1 is 0.333 bits per heavy atom. The van der Waals surface area contributed by atoms with Crippen LogP contribution in [-0.4, -0.2) is 37.2 Å². The number of ether oxygens (including phenoxy) is 3. The van der Waals surface area contributed by atoms with Crippen LogP contribution in [0, 0.1) is 0 Å². The van der Waals surface area contributed by atoms with E-state index >= 15 is 0 Å². The molecular formula is C57H90O6. The second kappa shape index (κ2) is 50.5. The topological polar surface area (TPSA) is 78.9 Å². The number of rotatable bonds is 43. The molecule has 0 aromatic heterocycles. The first kappa shape index (κ1) is 58.8. The summed E-state index contributed by atoms with van der Waals surface area (Å²) >= 11 is 0. The third-order valence-corrected chi connectivity index (χ3v) is 9.96. The predicted molar refractivity (Wildman–Crippen MR) is 269 cm³/mol. The van der Waals surface area contributed by atoms with Crippen molar-refractivity contribution in [1.82, 2.24) is 0 Å². The molecule has 6 nitrogen and oxygen atoms in total. The highest BCUT2D eigenvalue weighted by atomic mass is 16.6. The van der Waals surface area contributed by atoms with Gasteiger partial charge in [-0.2, -0.15) is 0 Å². The highest BCUT2D eigenvalue weighted by molar-refractivity contribution is 5.71. The Hall–Kier alpha value is -4.19. The van der Waals surface area contributed by atoms with E-state index in [9.17, 15) is 14.4 Å². The van der Waals surface area contributed by atoms with Crippen molar-refractivity contribution in [3.8, 4) is 0 Å². The van der Waals surface area contributed by atoms with Gasteiger partial charge in [0.1, 0.15) is 13.2 Å². The lowest BCUT2D eigenvalue weighted by molar-refractivity contribution is -0.166. The number of carbonyl (C=O) groups is 3. The van der Waals surface area contributed by atoms with Crippen LogP contribution in [0.5, 0.6) is 0 Å². The first-order valence-electron chi connectivity index (χ1n) is 25.0. The lowest BCUT2D eigenvalue weighted by Gasteiger charge is -2.18. The molecule has 0 spiro atoms. The molecule has 6 heteroatoms. The lowest BCUT2D eigenvalue weighted by Crippen LogP contribution is -2.30. The molecule has 0 heterocycles. The van der Waals surface area contributed by atoms with E-state index in [4.69, 9.17) is 14.2 Å². The summed E-state index contributed by atoms with van der Waals surface area (Å²) in [6, 6.07) is 0. The number of hydrogen-bond donors (Lipinski definition) is 0. The molecule has 1 atom stereocenters. The third kappa shape index (κ3) is 48.7. The monoisotopic (exact) mass is 871 g/mol. The normalized spacial score (nSPS) is 13.1. The van der Waals surface area contributed by atoms with Crippen molar-refractivity contribution in [1.29, 1.82) is 0 Å². The van der Waals surface area contributed by atoms with Crippen LogP contribution in [0.1, 0.15) is 201 Å². The van der Waals surface area contributed by atoms with E-state index in [0.717, 1.165) is 64.2 Å². The minimum atomic E-state index is -0.863. The predicted octanol–water partition coefficient (Wildman–Crippen LogP) is 16.5. The smallest absolute Gasteiger partial charge is 0.306 e. The van der Waals surface area contributed by atoms with Gasteiger partial charge in [0.05, 0.1) is 0 Å². The zero-order chi connectivity index (χ0) is 45.8. The number of allylic oxidation sites excluding steroid dienone is 20. The number of unbranched alkanes of at least 4 members (excludes halogenated alkanes) is 12. The molecule has 0 aromatic rings. The Labute approximate surface area is 386 Å². The molecule has 1 unspecified atom stereocenters. The summed E-state index contributed by atoms with van der Waals surface area (Å²) in [4.78, 5) is 37.8. The maximum absolute atomic E-state index is 12.7. The van der Waals surface area contributed by atoms with Gasteiger partial charge in [0, 0.05) is 19.3 Å². The molecular weight excluding hydrogens is 781 g/mol. The van der Waals surface area contributed by atoms with Crippen LogP contribution in [0.15, 0.2) is 122 Å². The van der Waals surface area contributed by atoms with Crippen LogP contribution < -0.4 is 0 Å². The summed E-state index contributed by atoms with van der Waals surface area (Å²) in [5, 5.41) is 0. The fourth-order valence-corrected chi connectivity index (χ4v) is 6.22. The lowest BCUT2D eigenvalue weighted by atomic mass is 10.1. The van der Waals surface area contributed by atoms with Crippen molar-refractivity contribution in [2.24, 2.45) is 0 Å². The van der Waals surface area contributed by atoms with Crippen LogP contribution in [0.25, 0.3) is 0 Å². The highest BCUT2D eigenvalue weighted by Crippen LogP contribution is 2.10. The van der Waals surface area contributed by atoms with E-state index in [-0.39, 0.29) is 44.4 Å². The number of carbonyl (C=O) groups excluding carboxylic acids is 3. The van der Waals surface area contributed by atoms with Gasteiger partial charge in [-0.1, -0.05) is 206 Å². The maximum Gasteiger partial charge on any atom is 0.306 e. The van der Waals surface area contributed by atoms with Crippen LogP contribution in [0.4, 0.5) is 0 Å². The molecule has 0 aromatic carbocycles.